The van der Waals surface area contributed by atoms with E-state index in [-0.39, 0.29) is 35.6 Å². The molecule has 0 bridgehead atoms. The Morgan fingerprint density at radius 1 is 1.24 bits per heavy atom. The number of benzene rings is 1. The summed E-state index contributed by atoms with van der Waals surface area (Å²) in [5, 5.41) is 5.48. The Morgan fingerprint density at radius 2 is 1.97 bits per heavy atom. The van der Waals surface area contributed by atoms with E-state index in [2.05, 4.69) is 27.2 Å². The molecule has 0 radical (unpaired) electrons. The van der Waals surface area contributed by atoms with E-state index in [0.29, 0.717) is 0 Å². The molecule has 1 aromatic carbocycles. The van der Waals surface area contributed by atoms with Crippen molar-refractivity contribution in [3.63, 3.8) is 0 Å². The van der Waals surface area contributed by atoms with Crippen LogP contribution in [0.15, 0.2) is 18.2 Å². The first-order valence-corrected chi connectivity index (χ1v) is 9.85. The molecule has 2 N–H and O–H groups in total. The van der Waals surface area contributed by atoms with Crippen molar-refractivity contribution in [2.45, 2.75) is 45.3 Å². The highest BCUT2D eigenvalue weighted by Crippen LogP contribution is 2.29. The van der Waals surface area contributed by atoms with Crippen molar-refractivity contribution >= 4 is 11.8 Å². The number of amides is 2. The summed E-state index contributed by atoms with van der Waals surface area (Å²) >= 11 is 0. The lowest BCUT2D eigenvalue weighted by atomic mass is 10.0. The van der Waals surface area contributed by atoms with Crippen LogP contribution >= 0.6 is 0 Å². The van der Waals surface area contributed by atoms with E-state index in [1.807, 2.05) is 0 Å². The molecule has 2 rings (SSSR count). The molecule has 1 saturated heterocycles. The maximum atomic E-state index is 12.4. The van der Waals surface area contributed by atoms with Gasteiger partial charge in [0.05, 0.1) is 13.7 Å². The number of rotatable bonds is 10. The number of methoxy groups -OCH3 is 1. The van der Waals surface area contributed by atoms with Crippen LogP contribution < -0.4 is 20.1 Å². The van der Waals surface area contributed by atoms with Gasteiger partial charge in [-0.15, -0.1) is 0 Å². The smallest absolute Gasteiger partial charge is 0.387 e. The lowest BCUT2D eigenvalue weighted by molar-refractivity contribution is -0.121. The Kier molecular flexibility index (Phi) is 9.11. The standard InChI is InChI=1S/C20H29F2N3O4/c1-3-4-9-25-10-7-15(8-11-25)24-18(26)13-23-19(27)14-5-6-16(29-20(21)22)17(12-14)28-2/h5-6,12,15,20H,3-4,7-11,13H2,1-2H3,(H,23,27)(H,24,26). The van der Waals surface area contributed by atoms with Gasteiger partial charge in [0.25, 0.3) is 5.91 Å². The topological polar surface area (TPSA) is 79.9 Å². The van der Waals surface area contributed by atoms with Gasteiger partial charge >= 0.3 is 6.61 Å². The highest BCUT2D eigenvalue weighted by atomic mass is 19.3. The van der Waals surface area contributed by atoms with Gasteiger partial charge in [0.15, 0.2) is 11.5 Å². The van der Waals surface area contributed by atoms with Gasteiger partial charge in [-0.3, -0.25) is 9.59 Å². The number of nitrogens with one attached hydrogen (secondary N) is 2. The molecule has 1 fully saturated rings. The van der Waals surface area contributed by atoms with Crippen LogP contribution in [0.4, 0.5) is 8.78 Å². The molecule has 162 valence electrons. The van der Waals surface area contributed by atoms with Crippen LogP contribution in [0.25, 0.3) is 0 Å². The summed E-state index contributed by atoms with van der Waals surface area (Å²) in [6, 6.07) is 3.96. The van der Waals surface area contributed by atoms with Crippen LogP contribution in [0.3, 0.4) is 0 Å². The van der Waals surface area contributed by atoms with Gasteiger partial charge in [-0.2, -0.15) is 8.78 Å². The molecule has 9 heteroatoms. The molecule has 0 aliphatic carbocycles. The number of piperidine rings is 1. The molecule has 1 aliphatic rings. The molecule has 2 amide bonds. The van der Waals surface area contributed by atoms with Crippen LogP contribution in [-0.2, 0) is 4.79 Å². The van der Waals surface area contributed by atoms with Crippen molar-refractivity contribution in [1.82, 2.24) is 15.5 Å². The van der Waals surface area contributed by atoms with Crippen molar-refractivity contribution < 1.29 is 27.8 Å². The molecule has 29 heavy (non-hydrogen) atoms. The Bertz CT molecular complexity index is 680. The van der Waals surface area contributed by atoms with E-state index in [9.17, 15) is 18.4 Å². The highest BCUT2D eigenvalue weighted by molar-refractivity contribution is 5.97. The maximum absolute atomic E-state index is 12.4. The minimum Gasteiger partial charge on any atom is -0.493 e. The minimum absolute atomic E-state index is 0.0113. The number of unbranched alkanes of at least 4 members (excludes halogenated alkanes) is 1. The number of carbonyl (C=O) groups is 2. The summed E-state index contributed by atoms with van der Waals surface area (Å²) in [6.07, 6.45) is 4.14. The van der Waals surface area contributed by atoms with Crippen LogP contribution in [0.2, 0.25) is 0 Å². The molecule has 0 saturated carbocycles. The highest BCUT2D eigenvalue weighted by Gasteiger charge is 2.20. The summed E-state index contributed by atoms with van der Waals surface area (Å²) in [5.41, 5.74) is 0.181. The minimum atomic E-state index is -2.99. The predicted octanol–water partition coefficient (Wildman–Crippen LogP) is 2.41. The zero-order valence-electron chi connectivity index (χ0n) is 16.9. The molecule has 1 heterocycles. The first-order chi connectivity index (χ1) is 13.9. The molecule has 1 aromatic rings. The van der Waals surface area contributed by atoms with Crippen molar-refractivity contribution in [2.75, 3.05) is 33.3 Å². The number of ether oxygens (including phenoxy) is 2. The third-order valence-electron chi connectivity index (χ3n) is 4.83. The monoisotopic (exact) mass is 413 g/mol. The van der Waals surface area contributed by atoms with Gasteiger partial charge in [0.1, 0.15) is 0 Å². The Balaban J connectivity index is 1.78. The van der Waals surface area contributed by atoms with E-state index >= 15 is 0 Å². The Hall–Kier alpha value is -2.42. The summed E-state index contributed by atoms with van der Waals surface area (Å²) in [4.78, 5) is 26.8. The fourth-order valence-electron chi connectivity index (χ4n) is 3.23. The van der Waals surface area contributed by atoms with Crippen molar-refractivity contribution in [1.29, 1.82) is 0 Å². The number of hydrogen-bond donors (Lipinski definition) is 2. The predicted molar refractivity (Wildman–Crippen MR) is 104 cm³/mol. The molecule has 1 aliphatic heterocycles. The first-order valence-electron chi connectivity index (χ1n) is 9.85. The van der Waals surface area contributed by atoms with Crippen molar-refractivity contribution in [3.8, 4) is 11.5 Å². The van der Waals surface area contributed by atoms with Crippen molar-refractivity contribution in [2.24, 2.45) is 0 Å². The average Bonchev–Trinajstić information content (AvgIpc) is 2.71. The van der Waals surface area contributed by atoms with Crippen LogP contribution in [0.5, 0.6) is 11.5 Å². The third kappa shape index (κ3) is 7.49. The van der Waals surface area contributed by atoms with E-state index in [4.69, 9.17) is 4.74 Å². The van der Waals surface area contributed by atoms with Crippen LogP contribution in [0.1, 0.15) is 43.0 Å². The molecule has 0 spiro atoms. The third-order valence-corrected chi connectivity index (χ3v) is 4.83. The lowest BCUT2D eigenvalue weighted by Crippen LogP contribution is -2.47. The fourth-order valence-corrected chi connectivity index (χ4v) is 3.23. The van der Waals surface area contributed by atoms with E-state index < -0.39 is 12.5 Å². The molecular formula is C20H29F2N3O4. The Morgan fingerprint density at radius 3 is 2.59 bits per heavy atom. The number of nitrogens with zero attached hydrogens (tertiary/aromatic N) is 1. The van der Waals surface area contributed by atoms with E-state index in [1.165, 1.54) is 38.2 Å². The normalized spacial score (nSPS) is 15.2. The summed E-state index contributed by atoms with van der Waals surface area (Å²) in [7, 11) is 1.29. The molecule has 0 atom stereocenters. The van der Waals surface area contributed by atoms with Gasteiger partial charge in [0, 0.05) is 24.7 Å². The van der Waals surface area contributed by atoms with E-state index in [1.54, 1.807) is 0 Å². The number of likely N-dealkylation sites (tertiary alicyclic amines) is 1. The summed E-state index contributed by atoms with van der Waals surface area (Å²) in [6.45, 7) is 2.03. The molecular weight excluding hydrogens is 384 g/mol. The first kappa shape index (κ1) is 22.9. The number of alkyl halides is 2. The number of carbonyl (C=O) groups excluding carboxylic acids is 2. The molecule has 0 unspecified atom stereocenters. The zero-order valence-corrected chi connectivity index (χ0v) is 16.9. The van der Waals surface area contributed by atoms with Crippen molar-refractivity contribution in [3.05, 3.63) is 23.8 Å². The van der Waals surface area contributed by atoms with Gasteiger partial charge < -0.3 is 25.0 Å². The SMILES string of the molecule is CCCCN1CCC(NC(=O)CNC(=O)c2ccc(OC(F)F)c(OC)c2)CC1. The second-order valence-corrected chi connectivity index (χ2v) is 6.96. The van der Waals surface area contributed by atoms with Gasteiger partial charge in [0.2, 0.25) is 5.91 Å². The molecule has 0 aromatic heterocycles. The van der Waals surface area contributed by atoms with Gasteiger partial charge in [-0.25, -0.2) is 0 Å². The quantitative estimate of drug-likeness (QED) is 0.616. The summed E-state index contributed by atoms with van der Waals surface area (Å²) < 4.78 is 34.0. The van der Waals surface area contributed by atoms with Crippen LogP contribution in [0, 0.1) is 0 Å². The van der Waals surface area contributed by atoms with Gasteiger partial charge in [-0.05, 0) is 44.0 Å². The van der Waals surface area contributed by atoms with E-state index in [0.717, 1.165) is 32.5 Å². The summed E-state index contributed by atoms with van der Waals surface area (Å²) in [5.74, 6) is -0.911. The van der Waals surface area contributed by atoms with Crippen LogP contribution in [-0.4, -0.2) is 62.7 Å². The zero-order chi connectivity index (χ0) is 21.2. The maximum Gasteiger partial charge on any atom is 0.387 e. The molecule has 7 nitrogen and oxygen atoms in total. The fraction of sp³-hybridized carbons (Fsp3) is 0.600. The second-order valence-electron chi connectivity index (χ2n) is 6.96. The van der Waals surface area contributed by atoms with Gasteiger partial charge in [-0.1, -0.05) is 13.3 Å². The average molecular weight is 413 g/mol. The lowest BCUT2D eigenvalue weighted by Gasteiger charge is -2.32. The number of hydrogen-bond acceptors (Lipinski definition) is 5. The Labute approximate surface area is 169 Å². The second kappa shape index (κ2) is 11.5. The largest absolute Gasteiger partial charge is 0.493 e. The number of halogens is 2.